The number of amides is 3. The molecule has 0 radical (unpaired) electrons. The fraction of sp³-hybridized carbons (Fsp3) is 0.0577. The topological polar surface area (TPSA) is 229 Å². The van der Waals surface area contributed by atoms with Crippen molar-refractivity contribution in [2.24, 2.45) is 20.5 Å². The highest BCUT2D eigenvalue weighted by Crippen LogP contribution is 2.44. The van der Waals surface area contributed by atoms with E-state index in [4.69, 9.17) is 16.4 Å². The molecule has 0 aliphatic rings. The Morgan fingerprint density at radius 1 is 0.671 bits per heavy atom. The molecule has 0 fully saturated rings. The van der Waals surface area contributed by atoms with Gasteiger partial charge in [-0.25, -0.2) is 19.2 Å². The molecule has 9 rings (SSSR count). The normalized spacial score (nSPS) is 10.9. The summed E-state index contributed by atoms with van der Waals surface area (Å²) in [6, 6.07) is 42.4. The first-order valence-electron chi connectivity index (χ1n) is 21.3. The summed E-state index contributed by atoms with van der Waals surface area (Å²) in [7, 11) is 0. The minimum atomic E-state index is -0.517. The van der Waals surface area contributed by atoms with Crippen LogP contribution in [0.3, 0.4) is 0 Å². The minimum Gasteiger partial charge on any atom is -0.505 e. The van der Waals surface area contributed by atoms with Crippen LogP contribution in [0.1, 0.15) is 38.9 Å². The van der Waals surface area contributed by atoms with E-state index in [1.165, 1.54) is 6.92 Å². The Hall–Kier alpha value is -9.57. The van der Waals surface area contributed by atoms with Gasteiger partial charge in [0.2, 0.25) is 11.6 Å². The number of phenolic OH excluding ortho intramolecular Hbond substituents is 1. The Kier molecular flexibility index (Phi) is 14.6. The highest BCUT2D eigenvalue weighted by atomic mass is 32.1. The number of hydrogen-bond acceptors (Lipinski definition) is 14. The third-order valence-corrected chi connectivity index (χ3v) is 11.1. The van der Waals surface area contributed by atoms with Crippen LogP contribution < -0.4 is 20.7 Å². The molecule has 7 aromatic carbocycles. The van der Waals surface area contributed by atoms with Crippen molar-refractivity contribution in [2.75, 3.05) is 16.0 Å². The van der Waals surface area contributed by atoms with Gasteiger partial charge in [0, 0.05) is 47.2 Å². The number of nitrogens with one attached hydrogen (secondary N) is 3. The fourth-order valence-corrected chi connectivity index (χ4v) is 7.56. The lowest BCUT2D eigenvalue weighted by atomic mass is 10.0. The minimum absolute atomic E-state index is 0.0368. The predicted octanol–water partition coefficient (Wildman–Crippen LogP) is 13.1. The Bertz CT molecular complexity index is 3470. The van der Waals surface area contributed by atoms with Crippen LogP contribution in [0.4, 0.5) is 45.1 Å². The average molecular weight is 946 g/mol. The van der Waals surface area contributed by atoms with Gasteiger partial charge in [0.15, 0.2) is 16.5 Å². The molecule has 17 nitrogen and oxygen atoms in total. The summed E-state index contributed by atoms with van der Waals surface area (Å²) >= 11 is 1.04. The summed E-state index contributed by atoms with van der Waals surface area (Å²) < 4.78 is 10.4. The van der Waals surface area contributed by atoms with Crippen LogP contribution in [-0.2, 0) is 11.4 Å². The van der Waals surface area contributed by atoms with Crippen LogP contribution in [0.25, 0.3) is 26.4 Å². The molecule has 0 aliphatic heterocycles. The number of fused-ring (bicyclic) bond motifs is 2. The smallest absolute Gasteiger partial charge is 0.268 e. The van der Waals surface area contributed by atoms with Crippen molar-refractivity contribution in [1.29, 1.82) is 0 Å². The van der Waals surface area contributed by atoms with Crippen molar-refractivity contribution in [3.8, 4) is 17.2 Å². The number of ether oxygens (including phenoxy) is 1. The lowest BCUT2D eigenvalue weighted by molar-refractivity contribution is -0.114. The van der Waals surface area contributed by atoms with Crippen molar-refractivity contribution in [3.05, 3.63) is 192 Å². The molecule has 70 heavy (non-hydrogen) atoms. The molecule has 2 aromatic heterocycles. The number of aliphatic hydroxyl groups excluding tert-OH is 1. The molecular formula is C52H39N11O6S. The number of carbonyl (C=O) groups is 3. The molecular weight excluding hydrogens is 907 g/mol. The van der Waals surface area contributed by atoms with Gasteiger partial charge in [-0.3, -0.25) is 14.4 Å². The zero-order valence-electron chi connectivity index (χ0n) is 37.2. The maximum absolute atomic E-state index is 13.5. The maximum atomic E-state index is 13.5. The van der Waals surface area contributed by atoms with Crippen LogP contribution in [0, 0.1) is 13.5 Å². The molecule has 0 saturated heterocycles. The van der Waals surface area contributed by atoms with Gasteiger partial charge in [-0.2, -0.15) is 0 Å². The van der Waals surface area contributed by atoms with E-state index in [1.807, 2.05) is 54.6 Å². The molecule has 3 amide bonds. The first kappa shape index (κ1) is 46.9. The van der Waals surface area contributed by atoms with E-state index < -0.39 is 5.91 Å². The number of phenols is 1. The van der Waals surface area contributed by atoms with Crippen molar-refractivity contribution >= 4 is 95.9 Å². The second kappa shape index (κ2) is 21.8. The van der Waals surface area contributed by atoms with Gasteiger partial charge in [-0.05, 0) is 102 Å². The number of rotatable bonds is 12. The predicted molar refractivity (Wildman–Crippen MR) is 269 cm³/mol. The van der Waals surface area contributed by atoms with Crippen molar-refractivity contribution in [3.63, 3.8) is 0 Å². The van der Waals surface area contributed by atoms with E-state index in [2.05, 4.69) is 55.6 Å². The van der Waals surface area contributed by atoms with E-state index in [0.29, 0.717) is 55.7 Å². The van der Waals surface area contributed by atoms with Crippen molar-refractivity contribution < 1.29 is 29.3 Å². The van der Waals surface area contributed by atoms with Crippen LogP contribution in [0.5, 0.6) is 17.2 Å². The van der Waals surface area contributed by atoms with Gasteiger partial charge in [0.1, 0.15) is 17.1 Å². The van der Waals surface area contributed by atoms with Crippen LogP contribution in [0.15, 0.2) is 178 Å². The molecule has 9 aromatic rings. The van der Waals surface area contributed by atoms with Gasteiger partial charge in [-0.1, -0.05) is 78.9 Å². The zero-order chi connectivity index (χ0) is 49.0. The Morgan fingerprint density at radius 2 is 1.23 bits per heavy atom. The number of hydrogen-bond donors (Lipinski definition) is 5. The van der Waals surface area contributed by atoms with E-state index in [9.17, 15) is 19.5 Å². The Morgan fingerprint density at radius 3 is 1.87 bits per heavy atom. The fourth-order valence-electron chi connectivity index (χ4n) is 6.89. The number of para-hydroxylation sites is 1. The maximum Gasteiger partial charge on any atom is 0.268 e. The number of nitrogens with zero attached hydrogens (tertiary/aromatic N) is 8. The first-order chi connectivity index (χ1) is 34.1. The summed E-state index contributed by atoms with van der Waals surface area (Å²) in [5.74, 6) is -0.571. The molecule has 2 heterocycles. The molecule has 0 aliphatic carbocycles. The standard InChI is InChI=1S/C29H22N6O3.C23H17N5O3S/c1-19(36)32-22-12-14-23(15-13-22)38-27-25(28(37)33-21-9-3-2-4-10-21)18-20-8-5-6-11-24(20)26(27)34-35-29-30-16-7-17-31-29;1-13-19(24-2)23(32-28-13)27-26-20-17-6-4-3-5-15(17)11-18(21(20)30)22(31)25-16-9-7-14(12-29)8-10-16/h2-18H,1H3,(H,32,36)(H,33,37);3-11,29-30H,12H2,1H3,(H,25,31). The average Bonchev–Trinajstić information content (AvgIpc) is 3.75. The van der Waals surface area contributed by atoms with Gasteiger partial charge in [-0.15, -0.1) is 20.5 Å². The molecule has 344 valence electrons. The molecule has 0 saturated carbocycles. The first-order valence-corrected chi connectivity index (χ1v) is 22.0. The zero-order valence-corrected chi connectivity index (χ0v) is 38.0. The number of azo groups is 2. The number of aryl methyl sites for hydroxylation is 1. The lowest BCUT2D eigenvalue weighted by Gasteiger charge is -2.16. The summed E-state index contributed by atoms with van der Waals surface area (Å²) in [6.45, 7) is 10.4. The van der Waals surface area contributed by atoms with E-state index in [0.717, 1.165) is 27.9 Å². The highest BCUT2D eigenvalue weighted by molar-refractivity contribution is 7.10. The Balaban J connectivity index is 0.000000191. The van der Waals surface area contributed by atoms with Crippen molar-refractivity contribution in [1.82, 2.24) is 14.3 Å². The third kappa shape index (κ3) is 11.2. The highest BCUT2D eigenvalue weighted by Gasteiger charge is 2.23. The number of aliphatic hydroxyl groups is 1. The molecule has 0 atom stereocenters. The number of anilines is 3. The van der Waals surface area contributed by atoms with E-state index in [-0.39, 0.29) is 52.7 Å². The van der Waals surface area contributed by atoms with E-state index >= 15 is 0 Å². The van der Waals surface area contributed by atoms with E-state index in [1.54, 1.807) is 110 Å². The number of aromatic hydroxyl groups is 1. The molecule has 18 heteroatoms. The monoisotopic (exact) mass is 945 g/mol. The number of carbonyl (C=O) groups excluding carboxylic acids is 3. The Labute approximate surface area is 403 Å². The summed E-state index contributed by atoms with van der Waals surface area (Å²) in [5.41, 5.74) is 4.14. The largest absolute Gasteiger partial charge is 0.505 e. The van der Waals surface area contributed by atoms with Crippen LogP contribution in [-0.4, -0.2) is 42.3 Å². The molecule has 0 spiro atoms. The summed E-state index contributed by atoms with van der Waals surface area (Å²) in [4.78, 5) is 49.5. The molecule has 0 bridgehead atoms. The lowest BCUT2D eigenvalue weighted by Crippen LogP contribution is -2.13. The van der Waals surface area contributed by atoms with Gasteiger partial charge < -0.3 is 30.9 Å². The van der Waals surface area contributed by atoms with Gasteiger partial charge >= 0.3 is 0 Å². The number of benzene rings is 7. The van der Waals surface area contributed by atoms with Crippen LogP contribution in [0.2, 0.25) is 0 Å². The quantitative estimate of drug-likeness (QED) is 0.0578. The third-order valence-electron chi connectivity index (χ3n) is 10.2. The second-order valence-electron chi connectivity index (χ2n) is 15.1. The SMILES string of the molecule is CC(=O)Nc1ccc(Oc2c(C(=O)Nc3ccccc3)cc3ccccc3c2N=Nc2ncccn2)cc1.[C-]#[N+]c1c(C)nsc1N=Nc1c(O)c(C(=O)Nc2ccc(CO)cc2)cc2ccccc12. The molecule has 5 N–H and O–H groups in total. The second-order valence-corrected chi connectivity index (χ2v) is 15.8. The van der Waals surface area contributed by atoms with Crippen LogP contribution >= 0.6 is 11.5 Å². The van der Waals surface area contributed by atoms with Gasteiger partial charge in [0.25, 0.3) is 17.8 Å². The van der Waals surface area contributed by atoms with Crippen molar-refractivity contribution in [2.45, 2.75) is 20.5 Å². The summed E-state index contributed by atoms with van der Waals surface area (Å²) in [5, 5.41) is 48.6. The van der Waals surface area contributed by atoms with Gasteiger partial charge in [0.05, 0.1) is 30.0 Å². The number of aromatic nitrogens is 3. The molecule has 0 unspecified atom stereocenters. The summed E-state index contributed by atoms with van der Waals surface area (Å²) in [6.07, 6.45) is 3.13.